The van der Waals surface area contributed by atoms with Crippen LogP contribution in [0.5, 0.6) is 0 Å². The summed E-state index contributed by atoms with van der Waals surface area (Å²) in [6, 6.07) is 7.95. The fourth-order valence-electron chi connectivity index (χ4n) is 5.68. The minimum absolute atomic E-state index is 0.0108. The number of nitrogens with one attached hydrogen (secondary N) is 1. The van der Waals surface area contributed by atoms with Crippen LogP contribution in [0, 0.1) is 28.8 Å². The predicted molar refractivity (Wildman–Crippen MR) is 153 cm³/mol. The number of hydrogen-bond donors (Lipinski definition) is 1. The molecule has 2 aromatic carbocycles. The van der Waals surface area contributed by atoms with Gasteiger partial charge in [-0.05, 0) is 47.9 Å². The summed E-state index contributed by atoms with van der Waals surface area (Å²) in [7, 11) is 0. The van der Waals surface area contributed by atoms with Gasteiger partial charge < -0.3 is 5.32 Å². The number of halogens is 9. The fourth-order valence-corrected chi connectivity index (χ4v) is 6.34. The van der Waals surface area contributed by atoms with Gasteiger partial charge in [0.05, 0.1) is 33.1 Å². The van der Waals surface area contributed by atoms with Gasteiger partial charge in [0.2, 0.25) is 5.91 Å². The molecule has 3 aromatic heterocycles. The lowest BCUT2D eigenvalue weighted by Crippen LogP contribution is -2.37. The Hall–Kier alpha value is -4.98. The number of benzene rings is 2. The second-order valence-corrected chi connectivity index (χ2v) is 11.9. The lowest BCUT2D eigenvalue weighted by molar-refractivity contribution is -0.123. The zero-order chi connectivity index (χ0) is 34.5. The predicted octanol–water partition coefficient (Wildman–Crippen LogP) is 7.86. The topological polar surface area (TPSA) is 96.5 Å². The molecule has 0 fully saturated rings. The molecule has 7 nitrogen and oxygen atoms in total. The van der Waals surface area contributed by atoms with E-state index in [4.69, 9.17) is 0 Å². The Labute approximate surface area is 268 Å². The van der Waals surface area contributed by atoms with E-state index in [2.05, 4.69) is 20.4 Å². The van der Waals surface area contributed by atoms with Crippen LogP contribution in [0.2, 0.25) is 0 Å². The molecule has 1 atom stereocenters. The van der Waals surface area contributed by atoms with Crippen LogP contribution in [0.15, 0.2) is 48.0 Å². The Bertz CT molecular complexity index is 2090. The highest BCUT2D eigenvalue weighted by atomic mass is 32.1. The smallest absolute Gasteiger partial charge is 0.290 e. The van der Waals surface area contributed by atoms with E-state index in [0.717, 1.165) is 18.2 Å². The Balaban J connectivity index is 1.46. The van der Waals surface area contributed by atoms with Crippen molar-refractivity contribution in [2.75, 3.05) is 0 Å². The van der Waals surface area contributed by atoms with Crippen molar-refractivity contribution in [3.05, 3.63) is 99.2 Å². The summed E-state index contributed by atoms with van der Waals surface area (Å²) < 4.78 is 130. The zero-order valence-corrected chi connectivity index (χ0v) is 24.9. The Kier molecular flexibility index (Phi) is 8.40. The second kappa shape index (κ2) is 12.2. The molecule has 1 N–H and O–H groups in total. The maximum atomic E-state index is 15.0. The van der Waals surface area contributed by atoms with Crippen LogP contribution < -0.4 is 5.32 Å². The number of aromatic nitrogens is 4. The summed E-state index contributed by atoms with van der Waals surface area (Å²) in [5.41, 5.74) is -3.06. The van der Waals surface area contributed by atoms with Crippen LogP contribution in [-0.2, 0) is 29.6 Å². The number of carbonyl (C=O) groups is 1. The monoisotopic (exact) mass is 694 g/mol. The molecule has 1 amide bonds. The van der Waals surface area contributed by atoms with E-state index in [0.29, 0.717) is 10.8 Å². The number of nitriles is 1. The van der Waals surface area contributed by atoms with Gasteiger partial charge in [-0.25, -0.2) is 40.7 Å². The first-order valence-electron chi connectivity index (χ1n) is 14.0. The van der Waals surface area contributed by atoms with Crippen molar-refractivity contribution < 1.29 is 44.3 Å². The molecular weight excluding hydrogens is 675 g/mol. The van der Waals surface area contributed by atoms with Crippen molar-refractivity contribution in [1.82, 2.24) is 25.1 Å². The van der Waals surface area contributed by atoms with Crippen LogP contribution in [0.1, 0.15) is 59.1 Å². The molecule has 3 heterocycles. The number of thiazole rings is 1. The van der Waals surface area contributed by atoms with Gasteiger partial charge in [0, 0.05) is 24.5 Å². The quantitative estimate of drug-likeness (QED) is 0.167. The zero-order valence-electron chi connectivity index (χ0n) is 24.1. The molecule has 5 aromatic rings. The average Bonchev–Trinajstić information content (AvgIpc) is 3.64. The van der Waals surface area contributed by atoms with Crippen molar-refractivity contribution in [3.63, 3.8) is 0 Å². The maximum Gasteiger partial charge on any atom is 0.290 e. The van der Waals surface area contributed by atoms with Crippen molar-refractivity contribution in [2.45, 2.75) is 50.1 Å². The van der Waals surface area contributed by atoms with Crippen molar-refractivity contribution in [2.24, 2.45) is 0 Å². The minimum Gasteiger partial charge on any atom is -0.346 e. The highest BCUT2D eigenvalue weighted by molar-refractivity contribution is 7.16. The number of amides is 1. The molecule has 17 heteroatoms. The molecule has 248 valence electrons. The Morgan fingerprint density at radius 1 is 1.00 bits per heavy atom. The average molecular weight is 695 g/mol. The van der Waals surface area contributed by atoms with Crippen molar-refractivity contribution in [3.8, 4) is 17.2 Å². The second-order valence-electron chi connectivity index (χ2n) is 11.0. The lowest BCUT2D eigenvalue weighted by atomic mass is 9.89. The first-order valence-corrected chi connectivity index (χ1v) is 14.9. The lowest BCUT2D eigenvalue weighted by Gasteiger charge is -2.29. The normalized spacial score (nSPS) is 15.7. The molecule has 0 saturated heterocycles. The highest BCUT2D eigenvalue weighted by Crippen LogP contribution is 2.52. The minimum atomic E-state index is -4.07. The van der Waals surface area contributed by atoms with E-state index >= 15 is 0 Å². The molecule has 0 aliphatic heterocycles. The number of fused-ring (bicyclic) bond motifs is 2. The third-order valence-electron chi connectivity index (χ3n) is 7.72. The third kappa shape index (κ3) is 6.19. The molecule has 6 rings (SSSR count). The van der Waals surface area contributed by atoms with Gasteiger partial charge in [-0.3, -0.25) is 9.48 Å². The number of alkyl halides is 6. The van der Waals surface area contributed by atoms with Crippen LogP contribution in [-0.4, -0.2) is 25.7 Å². The molecule has 1 aliphatic rings. The maximum absolute atomic E-state index is 15.0. The summed E-state index contributed by atoms with van der Waals surface area (Å²) in [6.07, 6.45) is -6.86. The van der Waals surface area contributed by atoms with Crippen LogP contribution in [0.25, 0.3) is 21.5 Å². The van der Waals surface area contributed by atoms with Crippen LogP contribution in [0.3, 0.4) is 0 Å². The SMILES string of the molecule is N#Cc1cc(-c2cc3scnc3nc2C(Cc2cc(F)cc(F)c2)NC(=O)Cn2nc(C(F)F)c3c2C(F)(F)CCC3(F)F)ccc1F. The van der Waals surface area contributed by atoms with E-state index in [1.54, 1.807) is 12.1 Å². The molecule has 1 unspecified atom stereocenters. The molecule has 0 bridgehead atoms. The summed E-state index contributed by atoms with van der Waals surface area (Å²) in [6.45, 7) is -1.22. The van der Waals surface area contributed by atoms with Crippen LogP contribution in [0.4, 0.5) is 39.5 Å². The molecule has 1 aliphatic carbocycles. The number of nitrogens with zero attached hydrogens (tertiary/aromatic N) is 5. The molecule has 48 heavy (non-hydrogen) atoms. The van der Waals surface area contributed by atoms with Gasteiger partial charge in [0.25, 0.3) is 18.3 Å². The standard InChI is InChI=1S/C31H19F9N6OS/c32-17-5-14(6-18(33)9-17)7-21(25-19(10-22-29(44-25)42-13-48-22)15-1-2-20(34)16(8-15)11-41)43-23(47)12-46-27-24(26(45-46)28(35)36)30(37,38)3-4-31(27,39)40/h1-2,5-6,8-10,13,21,28H,3-4,7,12H2,(H,43,47). The van der Waals surface area contributed by atoms with Crippen molar-refractivity contribution in [1.29, 1.82) is 5.26 Å². The van der Waals surface area contributed by atoms with Gasteiger partial charge in [0.15, 0.2) is 5.65 Å². The molecular formula is C31H19F9N6OS. The number of pyridine rings is 1. The van der Waals surface area contributed by atoms with E-state index < -0.39 is 90.4 Å². The van der Waals surface area contributed by atoms with Gasteiger partial charge in [-0.2, -0.15) is 19.1 Å². The first kappa shape index (κ1) is 32.9. The summed E-state index contributed by atoms with van der Waals surface area (Å²) in [5.74, 6) is -12.1. The fraction of sp³-hybridized carbons (Fsp3) is 0.258. The van der Waals surface area contributed by atoms with E-state index in [-0.39, 0.29) is 38.3 Å². The first-order chi connectivity index (χ1) is 22.7. The van der Waals surface area contributed by atoms with E-state index in [1.165, 1.54) is 29.0 Å². The van der Waals surface area contributed by atoms with Crippen molar-refractivity contribution >= 4 is 27.6 Å². The molecule has 0 spiro atoms. The van der Waals surface area contributed by atoms with Gasteiger partial charge in [0.1, 0.15) is 41.5 Å². The van der Waals surface area contributed by atoms with Crippen LogP contribution >= 0.6 is 11.3 Å². The highest BCUT2D eigenvalue weighted by Gasteiger charge is 2.55. The Morgan fingerprint density at radius 2 is 1.71 bits per heavy atom. The summed E-state index contributed by atoms with van der Waals surface area (Å²) in [5, 5.41) is 15.2. The third-order valence-corrected chi connectivity index (χ3v) is 8.49. The molecule has 0 radical (unpaired) electrons. The van der Waals surface area contributed by atoms with E-state index in [9.17, 15) is 49.6 Å². The largest absolute Gasteiger partial charge is 0.346 e. The molecule has 0 saturated carbocycles. The van der Waals surface area contributed by atoms with Gasteiger partial charge >= 0.3 is 0 Å². The summed E-state index contributed by atoms with van der Waals surface area (Å²) >= 11 is 1.17. The van der Waals surface area contributed by atoms with Gasteiger partial charge in [-0.1, -0.05) is 6.07 Å². The van der Waals surface area contributed by atoms with Gasteiger partial charge in [-0.15, -0.1) is 11.3 Å². The number of rotatable bonds is 8. The van der Waals surface area contributed by atoms with E-state index in [1.807, 2.05) is 0 Å². The number of hydrogen-bond acceptors (Lipinski definition) is 6. The number of carbonyl (C=O) groups excluding carboxylic acids is 1. The Morgan fingerprint density at radius 3 is 2.40 bits per heavy atom. The summed E-state index contributed by atoms with van der Waals surface area (Å²) in [4.78, 5) is 22.1.